The van der Waals surface area contributed by atoms with Gasteiger partial charge in [-0.25, -0.2) is 4.39 Å². The van der Waals surface area contributed by atoms with Crippen molar-refractivity contribution < 1.29 is 13.9 Å². The van der Waals surface area contributed by atoms with Crippen molar-refractivity contribution in [3.8, 4) is 5.75 Å². The van der Waals surface area contributed by atoms with Crippen LogP contribution in [-0.4, -0.2) is 41.9 Å². The lowest BCUT2D eigenvalue weighted by atomic mass is 9.89. The number of fused-ring (bicyclic) bond motifs is 2. The highest BCUT2D eigenvalue weighted by Crippen LogP contribution is 2.45. The Morgan fingerprint density at radius 2 is 2.07 bits per heavy atom. The van der Waals surface area contributed by atoms with Crippen LogP contribution >= 0.6 is 0 Å². The van der Waals surface area contributed by atoms with Crippen molar-refractivity contribution in [1.82, 2.24) is 9.80 Å². The zero-order valence-electron chi connectivity index (χ0n) is 16.8. The van der Waals surface area contributed by atoms with Gasteiger partial charge in [-0.2, -0.15) is 0 Å². The van der Waals surface area contributed by atoms with Gasteiger partial charge in [0, 0.05) is 44.9 Å². The molecule has 0 radical (unpaired) electrons. The highest BCUT2D eigenvalue weighted by Gasteiger charge is 2.48. The van der Waals surface area contributed by atoms with Crippen molar-refractivity contribution in [3.05, 3.63) is 65.0 Å². The van der Waals surface area contributed by atoms with Gasteiger partial charge in [0.2, 0.25) is 5.91 Å². The summed E-state index contributed by atoms with van der Waals surface area (Å²) in [5.74, 6) is 1.75. The van der Waals surface area contributed by atoms with Crippen molar-refractivity contribution in [2.24, 2.45) is 11.8 Å². The number of halogens is 1. The Morgan fingerprint density at radius 3 is 2.90 bits per heavy atom. The molecule has 152 valence electrons. The maximum atomic E-state index is 13.9. The summed E-state index contributed by atoms with van der Waals surface area (Å²) in [6, 6.07) is 13.3. The molecule has 4 nitrogen and oxygen atoms in total. The van der Waals surface area contributed by atoms with Gasteiger partial charge in [-0.1, -0.05) is 31.2 Å². The smallest absolute Gasteiger partial charge is 0.222 e. The van der Waals surface area contributed by atoms with Gasteiger partial charge in [0.1, 0.15) is 11.6 Å². The molecule has 2 aromatic carbocycles. The van der Waals surface area contributed by atoms with Gasteiger partial charge in [0.05, 0.1) is 12.6 Å². The van der Waals surface area contributed by atoms with Crippen LogP contribution in [0.5, 0.6) is 5.75 Å². The average Bonchev–Trinajstić information content (AvgIpc) is 3.41. The second-order valence-corrected chi connectivity index (χ2v) is 8.56. The van der Waals surface area contributed by atoms with Crippen molar-refractivity contribution in [2.45, 2.75) is 32.4 Å². The Hall–Kier alpha value is -2.40. The second kappa shape index (κ2) is 7.45. The highest BCUT2D eigenvalue weighted by atomic mass is 19.1. The first kappa shape index (κ1) is 18.6. The van der Waals surface area contributed by atoms with Gasteiger partial charge in [0.15, 0.2) is 0 Å². The van der Waals surface area contributed by atoms with E-state index in [1.807, 2.05) is 17.9 Å². The van der Waals surface area contributed by atoms with Crippen LogP contribution in [0.15, 0.2) is 42.5 Å². The minimum Gasteiger partial charge on any atom is -0.493 e. The molecular weight excluding hydrogens is 367 g/mol. The minimum atomic E-state index is -0.231. The largest absolute Gasteiger partial charge is 0.493 e. The third kappa shape index (κ3) is 3.42. The van der Waals surface area contributed by atoms with Crippen molar-refractivity contribution in [1.29, 1.82) is 0 Å². The summed E-state index contributed by atoms with van der Waals surface area (Å²) in [5.41, 5.74) is 3.55. The van der Waals surface area contributed by atoms with Gasteiger partial charge < -0.3 is 9.64 Å². The predicted octanol–water partition coefficient (Wildman–Crippen LogP) is 3.80. The standard InChI is InChI=1S/C24H27FN2O2/c1-2-23(28)27-14-19-13-26(12-16-6-7-22-17(10-16)8-9-29-22)15-21(19)24(27)18-4-3-5-20(25)11-18/h3-7,10-11,19,21,24H,2,8-9,12-15H2,1H3/t19-,21-,24-/m0/s1. The molecule has 2 fully saturated rings. The fourth-order valence-corrected chi connectivity index (χ4v) is 5.44. The van der Waals surface area contributed by atoms with Crippen LogP contribution in [-0.2, 0) is 17.8 Å². The molecule has 3 aliphatic rings. The molecule has 1 amide bonds. The fraction of sp³-hybridized carbons (Fsp3) is 0.458. The zero-order chi connectivity index (χ0) is 20.0. The molecule has 0 saturated carbocycles. The van der Waals surface area contributed by atoms with Crippen LogP contribution in [0, 0.1) is 17.7 Å². The lowest BCUT2D eigenvalue weighted by Gasteiger charge is -2.30. The predicted molar refractivity (Wildman–Crippen MR) is 109 cm³/mol. The maximum Gasteiger partial charge on any atom is 0.222 e. The molecule has 29 heavy (non-hydrogen) atoms. The molecule has 0 N–H and O–H groups in total. The average molecular weight is 394 g/mol. The molecule has 0 spiro atoms. The molecule has 0 aliphatic carbocycles. The van der Waals surface area contributed by atoms with Crippen LogP contribution < -0.4 is 4.74 Å². The summed E-state index contributed by atoms with van der Waals surface area (Å²) >= 11 is 0. The van der Waals surface area contributed by atoms with E-state index < -0.39 is 0 Å². The number of rotatable bonds is 4. The summed E-state index contributed by atoms with van der Waals surface area (Å²) < 4.78 is 19.5. The lowest BCUT2D eigenvalue weighted by molar-refractivity contribution is -0.132. The second-order valence-electron chi connectivity index (χ2n) is 8.56. The fourth-order valence-electron chi connectivity index (χ4n) is 5.44. The highest BCUT2D eigenvalue weighted by molar-refractivity contribution is 5.77. The monoisotopic (exact) mass is 394 g/mol. The molecule has 3 heterocycles. The number of amides is 1. The number of benzene rings is 2. The van der Waals surface area contributed by atoms with Crippen LogP contribution in [0.4, 0.5) is 4.39 Å². The molecule has 3 aliphatic heterocycles. The normalized spacial score (nSPS) is 25.7. The maximum absolute atomic E-state index is 13.9. The van der Waals surface area contributed by atoms with Crippen molar-refractivity contribution in [2.75, 3.05) is 26.2 Å². The molecule has 5 rings (SSSR count). The van der Waals surface area contributed by atoms with E-state index >= 15 is 0 Å². The van der Waals surface area contributed by atoms with E-state index in [9.17, 15) is 9.18 Å². The molecular formula is C24H27FN2O2. The molecule has 3 atom stereocenters. The van der Waals surface area contributed by atoms with Crippen LogP contribution in [0.25, 0.3) is 0 Å². The van der Waals surface area contributed by atoms with Crippen LogP contribution in [0.3, 0.4) is 0 Å². The summed E-state index contributed by atoms with van der Waals surface area (Å²) in [6.07, 6.45) is 1.48. The van der Waals surface area contributed by atoms with Crippen LogP contribution in [0.2, 0.25) is 0 Å². The first-order valence-electron chi connectivity index (χ1n) is 10.6. The first-order valence-corrected chi connectivity index (χ1v) is 10.6. The number of hydrogen-bond donors (Lipinski definition) is 0. The first-order chi connectivity index (χ1) is 14.1. The summed E-state index contributed by atoms with van der Waals surface area (Å²) in [6.45, 7) is 6.29. The van der Waals surface area contributed by atoms with E-state index in [0.717, 1.165) is 50.5 Å². The van der Waals surface area contributed by atoms with Gasteiger partial charge in [-0.15, -0.1) is 0 Å². The Kier molecular flexibility index (Phi) is 4.78. The number of nitrogens with zero attached hydrogens (tertiary/aromatic N) is 2. The topological polar surface area (TPSA) is 32.8 Å². The summed E-state index contributed by atoms with van der Waals surface area (Å²) in [4.78, 5) is 17.1. The van der Waals surface area contributed by atoms with E-state index in [2.05, 4.69) is 23.1 Å². The SMILES string of the molecule is CCC(=O)N1C[C@@H]2CN(Cc3ccc4c(c3)CCO4)C[C@@H]2[C@@H]1c1cccc(F)c1. The lowest BCUT2D eigenvalue weighted by Crippen LogP contribution is -2.35. The number of hydrogen-bond acceptors (Lipinski definition) is 3. The summed E-state index contributed by atoms with van der Waals surface area (Å²) in [7, 11) is 0. The van der Waals surface area contributed by atoms with Gasteiger partial charge in [0.25, 0.3) is 0 Å². The molecule has 5 heteroatoms. The Labute approximate surface area is 171 Å². The molecule has 0 unspecified atom stereocenters. The van der Waals surface area contributed by atoms with E-state index in [1.54, 1.807) is 12.1 Å². The van der Waals surface area contributed by atoms with E-state index in [0.29, 0.717) is 18.3 Å². The zero-order valence-corrected chi connectivity index (χ0v) is 16.8. The van der Waals surface area contributed by atoms with Gasteiger partial charge in [-0.05, 0) is 40.8 Å². The van der Waals surface area contributed by atoms with Gasteiger partial charge >= 0.3 is 0 Å². The van der Waals surface area contributed by atoms with Crippen LogP contribution in [0.1, 0.15) is 36.1 Å². The van der Waals surface area contributed by atoms with E-state index in [-0.39, 0.29) is 17.8 Å². The number of likely N-dealkylation sites (tertiary alicyclic amines) is 2. The van der Waals surface area contributed by atoms with Gasteiger partial charge in [-0.3, -0.25) is 9.69 Å². The Balaban J connectivity index is 1.36. The Morgan fingerprint density at radius 1 is 1.17 bits per heavy atom. The molecule has 2 aromatic rings. The van der Waals surface area contributed by atoms with E-state index in [4.69, 9.17) is 4.74 Å². The number of carbonyl (C=O) groups is 1. The quantitative estimate of drug-likeness (QED) is 0.791. The minimum absolute atomic E-state index is 0.0263. The molecule has 2 saturated heterocycles. The Bertz CT molecular complexity index is 931. The van der Waals surface area contributed by atoms with Crippen molar-refractivity contribution in [3.63, 3.8) is 0 Å². The number of ether oxygens (including phenoxy) is 1. The third-order valence-electron chi connectivity index (χ3n) is 6.71. The molecule has 0 aromatic heterocycles. The van der Waals surface area contributed by atoms with E-state index in [1.165, 1.54) is 17.2 Å². The summed E-state index contributed by atoms with van der Waals surface area (Å²) in [5, 5.41) is 0. The molecule has 0 bridgehead atoms. The number of carbonyl (C=O) groups excluding carboxylic acids is 1. The third-order valence-corrected chi connectivity index (χ3v) is 6.71. The van der Waals surface area contributed by atoms with Crippen molar-refractivity contribution >= 4 is 5.91 Å².